The van der Waals surface area contributed by atoms with Crippen LogP contribution in [0.15, 0.2) is 59.5 Å². The van der Waals surface area contributed by atoms with Crippen molar-refractivity contribution in [3.8, 4) is 17.2 Å². The Labute approximate surface area is 185 Å². The Bertz CT molecular complexity index is 1210. The normalized spacial score (nSPS) is 14.6. The molecule has 1 aromatic heterocycles. The highest BCUT2D eigenvalue weighted by atomic mass is 35.5. The highest BCUT2D eigenvalue weighted by Crippen LogP contribution is 2.49. The first kappa shape index (κ1) is 23.6. The number of rotatable bonds is 5. The number of hydrogen-bond donors (Lipinski definition) is 2. The van der Waals surface area contributed by atoms with E-state index < -0.39 is 40.4 Å². The zero-order valence-electron chi connectivity index (χ0n) is 16.8. The second-order valence-electron chi connectivity index (χ2n) is 7.25. The lowest BCUT2D eigenvalue weighted by Crippen LogP contribution is -2.47. The molecule has 10 heteroatoms. The molecule has 2 atom stereocenters. The third-order valence-corrected chi connectivity index (χ3v) is 5.50. The zero-order valence-corrected chi connectivity index (χ0v) is 17.6. The van der Waals surface area contributed by atoms with Gasteiger partial charge in [0, 0.05) is 41.9 Å². The van der Waals surface area contributed by atoms with E-state index in [4.69, 9.17) is 16.3 Å². The van der Waals surface area contributed by atoms with Crippen LogP contribution in [-0.4, -0.2) is 21.0 Å². The minimum atomic E-state index is -5.09. The lowest BCUT2D eigenvalue weighted by molar-refractivity contribution is -0.274. The summed E-state index contributed by atoms with van der Waals surface area (Å²) in [5.74, 6) is -2.83. The van der Waals surface area contributed by atoms with Crippen LogP contribution in [0, 0.1) is 5.82 Å². The standard InChI is InChI=1S/C22H18ClF4NO4/c1-12(21(31,22(25,26)27)13-3-8-20(30)28(2)11-13)16-6-4-14(9-17(16)23)32-15-5-7-18(24)19(29)10-15/h3-12,29,31H,1-2H3. The summed E-state index contributed by atoms with van der Waals surface area (Å²) >= 11 is 6.22. The van der Waals surface area contributed by atoms with Crippen molar-refractivity contribution >= 4 is 11.6 Å². The monoisotopic (exact) mass is 471 g/mol. The number of pyridine rings is 1. The summed E-state index contributed by atoms with van der Waals surface area (Å²) < 4.78 is 61.8. The van der Waals surface area contributed by atoms with E-state index in [0.29, 0.717) is 0 Å². The number of aliphatic hydroxyl groups is 1. The Hall–Kier alpha value is -3.04. The van der Waals surface area contributed by atoms with Crippen LogP contribution in [0.5, 0.6) is 17.2 Å². The van der Waals surface area contributed by atoms with Crippen LogP contribution in [0.2, 0.25) is 5.02 Å². The van der Waals surface area contributed by atoms with Crippen LogP contribution >= 0.6 is 11.6 Å². The predicted octanol–water partition coefficient (Wildman–Crippen LogP) is 5.23. The van der Waals surface area contributed by atoms with E-state index in [1.807, 2.05) is 0 Å². The number of aromatic nitrogens is 1. The van der Waals surface area contributed by atoms with Crippen molar-refractivity contribution in [2.75, 3.05) is 0 Å². The lowest BCUT2D eigenvalue weighted by Gasteiger charge is -2.37. The maximum Gasteiger partial charge on any atom is 0.422 e. The molecule has 1 heterocycles. The molecule has 0 saturated carbocycles. The summed E-state index contributed by atoms with van der Waals surface area (Å²) in [7, 11) is 1.28. The number of phenols is 1. The largest absolute Gasteiger partial charge is 0.505 e. The molecule has 0 radical (unpaired) electrons. The Morgan fingerprint density at radius 1 is 1.06 bits per heavy atom. The Morgan fingerprint density at radius 2 is 1.69 bits per heavy atom. The first-order valence-corrected chi connectivity index (χ1v) is 9.64. The fourth-order valence-electron chi connectivity index (χ4n) is 3.32. The second kappa shape index (κ2) is 8.48. The van der Waals surface area contributed by atoms with Crippen LogP contribution in [0.25, 0.3) is 0 Å². The number of nitrogens with zero attached hydrogens (tertiary/aromatic N) is 1. The smallest absolute Gasteiger partial charge is 0.422 e. The van der Waals surface area contributed by atoms with E-state index in [9.17, 15) is 32.6 Å². The van der Waals surface area contributed by atoms with Crippen LogP contribution in [0.4, 0.5) is 17.6 Å². The molecule has 0 aliphatic carbocycles. The average molecular weight is 472 g/mol. The van der Waals surface area contributed by atoms with Gasteiger partial charge in [0.15, 0.2) is 17.2 Å². The molecule has 5 nitrogen and oxygen atoms in total. The van der Waals surface area contributed by atoms with Crippen molar-refractivity contribution in [2.24, 2.45) is 7.05 Å². The van der Waals surface area contributed by atoms with Gasteiger partial charge < -0.3 is 19.5 Å². The molecule has 170 valence electrons. The summed E-state index contributed by atoms with van der Waals surface area (Å²) in [6, 6.07) is 8.97. The first-order chi connectivity index (χ1) is 14.8. The van der Waals surface area contributed by atoms with Gasteiger partial charge >= 0.3 is 6.18 Å². The molecule has 3 aromatic rings. The molecule has 2 aromatic carbocycles. The van der Waals surface area contributed by atoms with Crippen molar-refractivity contribution in [1.29, 1.82) is 0 Å². The first-order valence-electron chi connectivity index (χ1n) is 9.26. The summed E-state index contributed by atoms with van der Waals surface area (Å²) in [4.78, 5) is 11.6. The maximum atomic E-state index is 14.1. The molecule has 3 rings (SSSR count). The molecule has 0 fully saturated rings. The Morgan fingerprint density at radius 3 is 2.25 bits per heavy atom. The fraction of sp³-hybridized carbons (Fsp3) is 0.227. The molecule has 2 N–H and O–H groups in total. The maximum absolute atomic E-state index is 14.1. The highest BCUT2D eigenvalue weighted by Gasteiger charge is 2.59. The molecule has 0 spiro atoms. The van der Waals surface area contributed by atoms with Crippen LogP contribution in [-0.2, 0) is 12.6 Å². The molecule has 0 aliphatic rings. The SMILES string of the molecule is CC(c1ccc(Oc2ccc(F)c(O)c2)cc1Cl)C(O)(c1ccc(=O)n(C)c1)C(F)(F)F. The number of ether oxygens (including phenoxy) is 1. The lowest BCUT2D eigenvalue weighted by atomic mass is 9.78. The fourth-order valence-corrected chi connectivity index (χ4v) is 3.65. The number of phenolic OH excluding ortho intramolecular Hbond substituents is 1. The molecule has 0 bridgehead atoms. The quantitative estimate of drug-likeness (QED) is 0.500. The number of aryl methyl sites for hydroxylation is 1. The van der Waals surface area contributed by atoms with Gasteiger partial charge in [0.25, 0.3) is 0 Å². The van der Waals surface area contributed by atoms with Crippen molar-refractivity contribution in [3.05, 3.63) is 87.0 Å². The molecule has 32 heavy (non-hydrogen) atoms. The highest BCUT2D eigenvalue weighted by molar-refractivity contribution is 6.31. The summed E-state index contributed by atoms with van der Waals surface area (Å²) in [6.07, 6.45) is -4.16. The van der Waals surface area contributed by atoms with Gasteiger partial charge in [0.2, 0.25) is 5.56 Å². The van der Waals surface area contributed by atoms with Crippen molar-refractivity contribution in [3.63, 3.8) is 0 Å². The van der Waals surface area contributed by atoms with Gasteiger partial charge in [-0.3, -0.25) is 4.79 Å². The van der Waals surface area contributed by atoms with E-state index in [2.05, 4.69) is 0 Å². The minimum absolute atomic E-state index is 0.0188. The molecular weight excluding hydrogens is 454 g/mol. The molecule has 2 unspecified atom stereocenters. The van der Waals surface area contributed by atoms with Gasteiger partial charge in [0.1, 0.15) is 11.5 Å². The number of benzene rings is 2. The summed E-state index contributed by atoms with van der Waals surface area (Å²) in [5.41, 5.74) is -4.41. The molecule has 0 aliphatic heterocycles. The minimum Gasteiger partial charge on any atom is -0.505 e. The Kier molecular flexibility index (Phi) is 6.26. The van der Waals surface area contributed by atoms with Crippen molar-refractivity contribution < 1.29 is 32.5 Å². The van der Waals surface area contributed by atoms with Gasteiger partial charge in [-0.25, -0.2) is 4.39 Å². The topological polar surface area (TPSA) is 71.7 Å². The molecule has 0 saturated heterocycles. The van der Waals surface area contributed by atoms with E-state index in [-0.39, 0.29) is 22.1 Å². The predicted molar refractivity (Wildman–Crippen MR) is 110 cm³/mol. The third-order valence-electron chi connectivity index (χ3n) is 5.18. The zero-order chi connectivity index (χ0) is 23.8. The van der Waals surface area contributed by atoms with E-state index in [0.717, 1.165) is 35.0 Å². The van der Waals surface area contributed by atoms with Gasteiger partial charge in [-0.1, -0.05) is 24.6 Å². The van der Waals surface area contributed by atoms with Gasteiger partial charge in [-0.2, -0.15) is 13.2 Å². The summed E-state index contributed by atoms with van der Waals surface area (Å²) in [5, 5.41) is 20.2. The van der Waals surface area contributed by atoms with Crippen molar-refractivity contribution in [2.45, 2.75) is 24.6 Å². The van der Waals surface area contributed by atoms with Gasteiger partial charge in [-0.15, -0.1) is 0 Å². The summed E-state index contributed by atoms with van der Waals surface area (Å²) in [6.45, 7) is 1.17. The van der Waals surface area contributed by atoms with Gasteiger partial charge in [-0.05, 0) is 35.9 Å². The van der Waals surface area contributed by atoms with E-state index in [1.165, 1.54) is 38.2 Å². The van der Waals surface area contributed by atoms with Crippen LogP contribution in [0.3, 0.4) is 0 Å². The molecule has 0 amide bonds. The van der Waals surface area contributed by atoms with Crippen LogP contribution in [0.1, 0.15) is 24.0 Å². The van der Waals surface area contributed by atoms with Gasteiger partial charge in [0.05, 0.1) is 0 Å². The second-order valence-corrected chi connectivity index (χ2v) is 7.66. The average Bonchev–Trinajstić information content (AvgIpc) is 2.71. The number of aromatic hydroxyl groups is 1. The van der Waals surface area contributed by atoms with Crippen LogP contribution < -0.4 is 10.3 Å². The number of alkyl halides is 3. The van der Waals surface area contributed by atoms with Crippen molar-refractivity contribution in [1.82, 2.24) is 4.57 Å². The van der Waals surface area contributed by atoms with E-state index in [1.54, 1.807) is 0 Å². The van der Waals surface area contributed by atoms with E-state index >= 15 is 0 Å². The molecular formula is C22H18ClF4NO4. The number of hydrogen-bond acceptors (Lipinski definition) is 4. The number of halogens is 5. The Balaban J connectivity index is 1.99. The third kappa shape index (κ3) is 4.31.